The van der Waals surface area contributed by atoms with Crippen LogP contribution in [-0.4, -0.2) is 39.8 Å². The number of carbonyl (C=O) groups is 2. The van der Waals surface area contributed by atoms with E-state index in [4.69, 9.17) is 0 Å². The second-order valence-corrected chi connectivity index (χ2v) is 9.38. The number of rotatable bonds is 6. The molecule has 2 aliphatic rings. The van der Waals surface area contributed by atoms with Gasteiger partial charge in [-0.15, -0.1) is 10.2 Å². The van der Waals surface area contributed by atoms with E-state index < -0.39 is 0 Å². The van der Waals surface area contributed by atoms with Gasteiger partial charge in [0.1, 0.15) is 0 Å². The molecular weight excluding hydrogens is 356 g/mol. The van der Waals surface area contributed by atoms with Gasteiger partial charge in [-0.2, -0.15) is 0 Å². The standard InChI is InChI=1S/C17H26N4O2S2/c1-10-5-4-6-14(11(10)2)18-15(23)9-24-17-20-19-16(25-17)21(12(3)22)13-7-8-13/h10-11,13-14H,4-9H2,1-3H3,(H,18,23). The molecule has 2 aliphatic carbocycles. The van der Waals surface area contributed by atoms with Crippen LogP contribution in [0, 0.1) is 11.8 Å². The monoisotopic (exact) mass is 382 g/mol. The first-order chi connectivity index (χ1) is 12.0. The van der Waals surface area contributed by atoms with E-state index in [1.807, 2.05) is 0 Å². The number of anilines is 1. The highest BCUT2D eigenvalue weighted by Crippen LogP contribution is 2.35. The quantitative estimate of drug-likeness (QED) is 0.604. The number of nitrogens with zero attached hydrogens (tertiary/aromatic N) is 3. The zero-order valence-corrected chi connectivity index (χ0v) is 16.7. The Morgan fingerprint density at radius 1 is 1.24 bits per heavy atom. The number of thioether (sulfide) groups is 1. The average Bonchev–Trinajstić information content (AvgIpc) is 3.27. The van der Waals surface area contributed by atoms with Gasteiger partial charge in [0, 0.05) is 19.0 Å². The maximum Gasteiger partial charge on any atom is 0.230 e. The minimum atomic E-state index is 0.00773. The second kappa shape index (κ2) is 8.03. The number of amides is 2. The molecule has 1 aromatic rings. The second-order valence-electron chi connectivity index (χ2n) is 7.20. The first-order valence-electron chi connectivity index (χ1n) is 9.01. The molecule has 2 fully saturated rings. The third-order valence-corrected chi connectivity index (χ3v) is 7.29. The van der Waals surface area contributed by atoms with Gasteiger partial charge >= 0.3 is 0 Å². The molecule has 2 saturated carbocycles. The van der Waals surface area contributed by atoms with Gasteiger partial charge in [-0.25, -0.2) is 0 Å². The highest BCUT2D eigenvalue weighted by atomic mass is 32.2. The van der Waals surface area contributed by atoms with Gasteiger partial charge in [-0.1, -0.05) is 49.8 Å². The Hall–Kier alpha value is -1.15. The zero-order chi connectivity index (χ0) is 18.0. The molecule has 2 amide bonds. The van der Waals surface area contributed by atoms with E-state index in [0.29, 0.717) is 22.7 Å². The van der Waals surface area contributed by atoms with E-state index in [0.717, 1.165) is 23.6 Å². The Labute approximate surface area is 157 Å². The van der Waals surface area contributed by atoms with Crippen LogP contribution in [-0.2, 0) is 9.59 Å². The fourth-order valence-corrected chi connectivity index (χ4v) is 5.17. The lowest BCUT2D eigenvalue weighted by molar-refractivity contribution is -0.120. The molecule has 3 atom stereocenters. The van der Waals surface area contributed by atoms with Crippen molar-refractivity contribution in [3.8, 4) is 0 Å². The van der Waals surface area contributed by atoms with Crippen LogP contribution in [0.2, 0.25) is 0 Å². The molecule has 6 nitrogen and oxygen atoms in total. The van der Waals surface area contributed by atoms with Crippen molar-refractivity contribution in [2.45, 2.75) is 69.3 Å². The Bertz CT molecular complexity index is 632. The number of nitrogens with one attached hydrogen (secondary N) is 1. The highest BCUT2D eigenvalue weighted by Gasteiger charge is 2.34. The van der Waals surface area contributed by atoms with Gasteiger partial charge in [0.15, 0.2) is 4.34 Å². The maximum atomic E-state index is 12.3. The van der Waals surface area contributed by atoms with Gasteiger partial charge in [0.25, 0.3) is 0 Å². The summed E-state index contributed by atoms with van der Waals surface area (Å²) in [5.41, 5.74) is 0. The molecule has 1 heterocycles. The first kappa shape index (κ1) is 18.6. The van der Waals surface area contributed by atoms with Crippen LogP contribution in [0.3, 0.4) is 0 Å². The number of hydrogen-bond donors (Lipinski definition) is 1. The molecule has 1 N–H and O–H groups in total. The largest absolute Gasteiger partial charge is 0.352 e. The SMILES string of the molecule is CC(=O)N(c1nnc(SCC(=O)NC2CCCC(C)C2C)s1)C1CC1. The summed E-state index contributed by atoms with van der Waals surface area (Å²) >= 11 is 2.79. The minimum Gasteiger partial charge on any atom is -0.352 e. The fourth-order valence-electron chi connectivity index (χ4n) is 3.40. The summed E-state index contributed by atoms with van der Waals surface area (Å²) in [4.78, 5) is 25.8. The summed E-state index contributed by atoms with van der Waals surface area (Å²) in [6, 6.07) is 0.561. The molecule has 138 valence electrons. The van der Waals surface area contributed by atoms with E-state index in [9.17, 15) is 9.59 Å². The summed E-state index contributed by atoms with van der Waals surface area (Å²) in [6.45, 7) is 6.06. The van der Waals surface area contributed by atoms with Crippen molar-refractivity contribution < 1.29 is 9.59 Å². The van der Waals surface area contributed by atoms with E-state index in [1.54, 1.807) is 11.8 Å². The van der Waals surface area contributed by atoms with Crippen LogP contribution in [0.4, 0.5) is 5.13 Å². The van der Waals surface area contributed by atoms with Crippen molar-refractivity contribution in [2.75, 3.05) is 10.7 Å². The maximum absolute atomic E-state index is 12.3. The van der Waals surface area contributed by atoms with Gasteiger partial charge in [-0.05, 0) is 31.1 Å². The molecule has 0 aliphatic heterocycles. The molecule has 25 heavy (non-hydrogen) atoms. The number of carbonyl (C=O) groups excluding carboxylic acids is 2. The lowest BCUT2D eigenvalue weighted by Gasteiger charge is -2.34. The third-order valence-electron chi connectivity index (χ3n) is 5.23. The van der Waals surface area contributed by atoms with Crippen molar-refractivity contribution >= 4 is 40.0 Å². The van der Waals surface area contributed by atoms with Crippen LogP contribution in [0.5, 0.6) is 0 Å². The first-order valence-corrected chi connectivity index (χ1v) is 10.8. The predicted molar refractivity (Wildman–Crippen MR) is 101 cm³/mol. The molecule has 0 spiro atoms. The van der Waals surface area contributed by atoms with Gasteiger partial charge < -0.3 is 5.32 Å². The summed E-state index contributed by atoms with van der Waals surface area (Å²) in [6.07, 6.45) is 5.57. The molecule has 3 unspecified atom stereocenters. The van der Waals surface area contributed by atoms with Gasteiger partial charge in [0.05, 0.1) is 5.75 Å². The lowest BCUT2D eigenvalue weighted by atomic mass is 9.78. The molecular formula is C17H26N4O2S2. The molecule has 1 aromatic heterocycles. The van der Waals surface area contributed by atoms with Crippen molar-refractivity contribution in [3.05, 3.63) is 0 Å². The van der Waals surface area contributed by atoms with E-state index >= 15 is 0 Å². The molecule has 3 rings (SSSR count). The van der Waals surface area contributed by atoms with Crippen molar-refractivity contribution in [3.63, 3.8) is 0 Å². The summed E-state index contributed by atoms with van der Waals surface area (Å²) in [7, 11) is 0. The topological polar surface area (TPSA) is 75.2 Å². The van der Waals surface area contributed by atoms with Crippen LogP contribution in [0.25, 0.3) is 0 Å². The van der Waals surface area contributed by atoms with Crippen molar-refractivity contribution in [1.29, 1.82) is 0 Å². The highest BCUT2D eigenvalue weighted by molar-refractivity contribution is 8.01. The Balaban J connectivity index is 1.50. The summed E-state index contributed by atoms with van der Waals surface area (Å²) in [5.74, 6) is 1.60. The van der Waals surface area contributed by atoms with E-state index in [2.05, 4.69) is 29.4 Å². The summed E-state index contributed by atoms with van der Waals surface area (Å²) in [5, 5.41) is 12.1. The zero-order valence-electron chi connectivity index (χ0n) is 15.0. The summed E-state index contributed by atoms with van der Waals surface area (Å²) < 4.78 is 0.738. The van der Waals surface area contributed by atoms with Crippen LogP contribution in [0.15, 0.2) is 4.34 Å². The van der Waals surface area contributed by atoms with Crippen molar-refractivity contribution in [2.24, 2.45) is 11.8 Å². The molecule has 0 aromatic carbocycles. The molecule has 0 saturated heterocycles. The smallest absolute Gasteiger partial charge is 0.230 e. The lowest BCUT2D eigenvalue weighted by Crippen LogP contribution is -2.44. The fraction of sp³-hybridized carbons (Fsp3) is 0.765. The van der Waals surface area contributed by atoms with Crippen LogP contribution >= 0.6 is 23.1 Å². The molecule has 0 bridgehead atoms. The average molecular weight is 383 g/mol. The van der Waals surface area contributed by atoms with Crippen LogP contribution in [0.1, 0.15) is 52.9 Å². The number of hydrogen-bond acceptors (Lipinski definition) is 6. The van der Waals surface area contributed by atoms with Gasteiger partial charge in [-0.3, -0.25) is 14.5 Å². The van der Waals surface area contributed by atoms with Gasteiger partial charge in [0.2, 0.25) is 16.9 Å². The third kappa shape index (κ3) is 4.73. The molecule has 8 heteroatoms. The molecule has 0 radical (unpaired) electrons. The van der Waals surface area contributed by atoms with E-state index in [1.165, 1.54) is 35.9 Å². The Kier molecular flexibility index (Phi) is 5.99. The van der Waals surface area contributed by atoms with Crippen molar-refractivity contribution in [1.82, 2.24) is 15.5 Å². The van der Waals surface area contributed by atoms with Crippen LogP contribution < -0.4 is 10.2 Å². The normalized spacial score (nSPS) is 26.3. The Morgan fingerprint density at radius 3 is 2.68 bits per heavy atom. The number of aromatic nitrogens is 2. The Morgan fingerprint density at radius 2 is 2.00 bits per heavy atom. The predicted octanol–water partition coefficient (Wildman–Crippen LogP) is 3.09. The minimum absolute atomic E-state index is 0.00773. The van der Waals surface area contributed by atoms with E-state index in [-0.39, 0.29) is 23.9 Å².